The molecule has 0 amide bonds. The van der Waals surface area contributed by atoms with E-state index in [1.807, 2.05) is 0 Å². The number of aliphatic carboxylic acids is 1. The molecule has 3 rings (SSSR count). The lowest BCUT2D eigenvalue weighted by Gasteiger charge is -2.49. The van der Waals surface area contributed by atoms with Crippen LogP contribution in [0.4, 0.5) is 30.7 Å². The van der Waals surface area contributed by atoms with Crippen molar-refractivity contribution in [1.29, 1.82) is 0 Å². The van der Waals surface area contributed by atoms with Crippen molar-refractivity contribution in [2.24, 2.45) is 11.3 Å². The topological polar surface area (TPSA) is 63.6 Å². The van der Waals surface area contributed by atoms with Gasteiger partial charge in [0.1, 0.15) is 12.1 Å². The highest BCUT2D eigenvalue weighted by molar-refractivity contribution is 5.81. The Morgan fingerprint density at radius 2 is 1.59 bits per heavy atom. The molecule has 1 aliphatic rings. The smallest absolute Gasteiger partial charge is 0.416 e. The van der Waals surface area contributed by atoms with Gasteiger partial charge in [-0.3, -0.25) is 4.79 Å². The molecule has 0 unspecified atom stereocenters. The minimum atomic E-state index is -5.05. The number of carboxylic acids is 1. The number of carbonyl (C=O) groups is 2. The summed E-state index contributed by atoms with van der Waals surface area (Å²) < 4.78 is 99.8. The van der Waals surface area contributed by atoms with Crippen LogP contribution in [0.2, 0.25) is 0 Å². The van der Waals surface area contributed by atoms with Gasteiger partial charge in [0.05, 0.1) is 28.7 Å². The first-order valence-electron chi connectivity index (χ1n) is 11.5. The molecule has 1 N–H and O–H groups in total. The van der Waals surface area contributed by atoms with Crippen LogP contribution in [0.15, 0.2) is 42.5 Å². The summed E-state index contributed by atoms with van der Waals surface area (Å²) in [4.78, 5) is 24.5. The molecule has 11 heteroatoms. The Balaban J connectivity index is 2.10. The van der Waals surface area contributed by atoms with E-state index in [4.69, 9.17) is 4.74 Å². The summed E-state index contributed by atoms with van der Waals surface area (Å²) in [5.41, 5.74) is -4.75. The highest BCUT2D eigenvalue weighted by Crippen LogP contribution is 2.54. The predicted octanol–water partition coefficient (Wildman–Crippen LogP) is 7.18. The van der Waals surface area contributed by atoms with Crippen molar-refractivity contribution in [1.82, 2.24) is 0 Å². The van der Waals surface area contributed by atoms with Crippen LogP contribution >= 0.6 is 0 Å². The van der Waals surface area contributed by atoms with Crippen molar-refractivity contribution in [2.45, 2.75) is 63.6 Å². The van der Waals surface area contributed by atoms with Gasteiger partial charge >= 0.3 is 18.3 Å². The average Bonchev–Trinajstić information content (AvgIpc) is 2.82. The minimum absolute atomic E-state index is 0.0133. The molecular weight excluding hydrogens is 509 g/mol. The Hall–Kier alpha value is -2.95. The summed E-state index contributed by atoms with van der Waals surface area (Å²) in [7, 11) is 0. The van der Waals surface area contributed by atoms with E-state index in [1.54, 1.807) is 6.92 Å². The maximum absolute atomic E-state index is 13.6. The van der Waals surface area contributed by atoms with Crippen molar-refractivity contribution in [3.63, 3.8) is 0 Å². The maximum atomic E-state index is 13.6. The van der Waals surface area contributed by atoms with E-state index in [1.165, 1.54) is 19.1 Å². The Morgan fingerprint density at radius 1 is 1.05 bits per heavy atom. The number of carbonyl (C=O) groups excluding carboxylic acids is 1. The Bertz CT molecular complexity index is 1090. The number of ether oxygens (including phenoxy) is 1. The number of hydrogen-bond donors (Lipinski definition) is 1. The van der Waals surface area contributed by atoms with Crippen LogP contribution < -0.4 is 0 Å². The third kappa shape index (κ3) is 5.66. The van der Waals surface area contributed by atoms with Crippen molar-refractivity contribution < 1.29 is 50.2 Å². The summed E-state index contributed by atoms with van der Waals surface area (Å²) in [5.74, 6) is -3.88. The van der Waals surface area contributed by atoms with E-state index in [0.29, 0.717) is 24.0 Å². The highest BCUT2D eigenvalue weighted by Gasteiger charge is 2.57. The highest BCUT2D eigenvalue weighted by atomic mass is 19.4. The van der Waals surface area contributed by atoms with Crippen LogP contribution in [-0.4, -0.2) is 23.5 Å². The number of rotatable bonds is 7. The molecular formula is C26H25F7O4. The lowest BCUT2D eigenvalue weighted by atomic mass is 9.56. The zero-order valence-corrected chi connectivity index (χ0v) is 19.9. The third-order valence-corrected chi connectivity index (χ3v) is 7.19. The van der Waals surface area contributed by atoms with Gasteiger partial charge in [-0.15, -0.1) is 0 Å². The number of aldehydes is 1. The molecule has 202 valence electrons. The van der Waals surface area contributed by atoms with Gasteiger partial charge in [-0.2, -0.15) is 26.3 Å². The van der Waals surface area contributed by atoms with Gasteiger partial charge in [-0.25, -0.2) is 4.39 Å². The summed E-state index contributed by atoms with van der Waals surface area (Å²) in [6.45, 7) is 2.84. The van der Waals surface area contributed by atoms with Gasteiger partial charge in [0.2, 0.25) is 0 Å². The number of carboxylic acid groups (broad SMARTS) is 1. The Kier molecular flexibility index (Phi) is 8.07. The molecule has 4 nitrogen and oxygen atoms in total. The normalized spacial score (nSPS) is 25.5. The molecule has 0 aliphatic heterocycles. The molecule has 37 heavy (non-hydrogen) atoms. The first kappa shape index (κ1) is 28.6. The fourth-order valence-corrected chi connectivity index (χ4v) is 5.33. The molecule has 0 aromatic heterocycles. The van der Waals surface area contributed by atoms with Crippen molar-refractivity contribution in [2.75, 3.05) is 0 Å². The fourth-order valence-electron chi connectivity index (χ4n) is 5.33. The summed E-state index contributed by atoms with van der Waals surface area (Å²) in [6, 6.07) is 6.03. The first-order chi connectivity index (χ1) is 17.1. The number of alkyl halides is 6. The van der Waals surface area contributed by atoms with Gasteiger partial charge < -0.3 is 14.6 Å². The van der Waals surface area contributed by atoms with Crippen molar-refractivity contribution in [3.8, 4) is 0 Å². The maximum Gasteiger partial charge on any atom is 0.416 e. The standard InChI is InChI=1S/C26H25F7O4/c1-3-24(23(35)36)17(13-34)6-9-21(22(24)15-4-7-20(27)8-5-15)37-14(2)16-10-18(25(28,29)30)12-19(11-16)26(31,32)33/h4-5,7-8,10-14,17,21-22H,3,6,9H2,1-2H3,(H,35,36)/t14-,17-,21+,22+,24-/m1/s1. The second-order valence-electron chi connectivity index (χ2n) is 9.20. The van der Waals surface area contributed by atoms with Crippen LogP contribution in [-0.2, 0) is 26.7 Å². The van der Waals surface area contributed by atoms with E-state index < -0.39 is 70.3 Å². The van der Waals surface area contributed by atoms with E-state index in [-0.39, 0.29) is 25.3 Å². The van der Waals surface area contributed by atoms with Crippen LogP contribution in [0.3, 0.4) is 0 Å². The van der Waals surface area contributed by atoms with Gasteiger partial charge in [0.25, 0.3) is 0 Å². The third-order valence-electron chi connectivity index (χ3n) is 7.19. The molecule has 0 saturated heterocycles. The SMILES string of the molecule is CC[C@@]1(C(=O)O)[C@@H](C=O)CC[C@H](O[C@H](C)c2cc(C(F)(F)F)cc(C(F)(F)F)c2)[C@@H]1c1ccc(F)cc1. The van der Waals surface area contributed by atoms with E-state index in [9.17, 15) is 45.4 Å². The molecule has 0 spiro atoms. The van der Waals surface area contributed by atoms with Crippen molar-refractivity contribution in [3.05, 3.63) is 70.5 Å². The van der Waals surface area contributed by atoms with E-state index >= 15 is 0 Å². The number of hydrogen-bond acceptors (Lipinski definition) is 3. The molecule has 0 bridgehead atoms. The lowest BCUT2D eigenvalue weighted by Crippen LogP contribution is -2.52. The van der Waals surface area contributed by atoms with Crippen LogP contribution in [0.1, 0.15) is 67.4 Å². The van der Waals surface area contributed by atoms with Crippen LogP contribution in [0, 0.1) is 17.2 Å². The molecule has 1 aliphatic carbocycles. The molecule has 2 aromatic rings. The molecule has 2 aromatic carbocycles. The molecule has 1 saturated carbocycles. The lowest BCUT2D eigenvalue weighted by molar-refractivity contribution is -0.169. The predicted molar refractivity (Wildman–Crippen MR) is 118 cm³/mol. The Labute approximate surface area is 208 Å². The molecule has 1 fully saturated rings. The van der Waals surface area contributed by atoms with E-state index in [2.05, 4.69) is 0 Å². The first-order valence-corrected chi connectivity index (χ1v) is 11.5. The van der Waals surface area contributed by atoms with Gasteiger partial charge in [0, 0.05) is 11.8 Å². The van der Waals surface area contributed by atoms with E-state index in [0.717, 1.165) is 12.1 Å². The molecule has 0 heterocycles. The van der Waals surface area contributed by atoms with Gasteiger partial charge in [-0.05, 0) is 67.6 Å². The largest absolute Gasteiger partial charge is 0.481 e. The Morgan fingerprint density at radius 3 is 2.03 bits per heavy atom. The zero-order valence-electron chi connectivity index (χ0n) is 19.9. The minimum Gasteiger partial charge on any atom is -0.481 e. The second-order valence-corrected chi connectivity index (χ2v) is 9.20. The van der Waals surface area contributed by atoms with Gasteiger partial charge in [-0.1, -0.05) is 19.1 Å². The van der Waals surface area contributed by atoms with Gasteiger partial charge in [0.15, 0.2) is 0 Å². The second kappa shape index (κ2) is 10.4. The quantitative estimate of drug-likeness (QED) is 0.302. The number of halogens is 7. The van der Waals surface area contributed by atoms with Crippen LogP contribution in [0.5, 0.6) is 0 Å². The molecule has 0 radical (unpaired) electrons. The monoisotopic (exact) mass is 534 g/mol. The summed E-state index contributed by atoms with van der Waals surface area (Å²) in [5, 5.41) is 10.3. The molecule has 5 atom stereocenters. The summed E-state index contributed by atoms with van der Waals surface area (Å²) >= 11 is 0. The van der Waals surface area contributed by atoms with Crippen molar-refractivity contribution >= 4 is 12.3 Å². The number of benzene rings is 2. The zero-order chi connectivity index (χ0) is 27.8. The summed E-state index contributed by atoms with van der Waals surface area (Å²) in [6.07, 6.45) is -11.7. The fraction of sp³-hybridized carbons (Fsp3) is 0.462. The average molecular weight is 534 g/mol. The van der Waals surface area contributed by atoms with Crippen LogP contribution in [0.25, 0.3) is 0 Å².